The molecule has 0 radical (unpaired) electrons. The molecule has 7 nitrogen and oxygen atoms in total. The first-order valence-corrected chi connectivity index (χ1v) is 8.01. The summed E-state index contributed by atoms with van der Waals surface area (Å²) >= 11 is 0. The number of halogens is 1. The largest absolute Gasteiger partial charge is 0.326 e. The number of para-hydroxylation sites is 1. The molecule has 0 unspecified atom stereocenters. The molecular formula is C17H20FN5O2. The van der Waals surface area contributed by atoms with Crippen molar-refractivity contribution in [1.82, 2.24) is 15.1 Å². The molecule has 2 N–H and O–H groups in total. The minimum absolute atomic E-state index is 0.115. The molecule has 0 spiro atoms. The second-order valence-electron chi connectivity index (χ2n) is 6.13. The zero-order chi connectivity index (χ0) is 18.1. The molecule has 0 saturated carbocycles. The Kier molecular flexibility index (Phi) is 4.43. The molecule has 25 heavy (non-hydrogen) atoms. The van der Waals surface area contributed by atoms with Gasteiger partial charge in [-0.3, -0.25) is 14.4 Å². The Bertz CT molecular complexity index is 812. The molecule has 8 heteroatoms. The number of hydrogen-bond acceptors (Lipinski definition) is 3. The fourth-order valence-corrected chi connectivity index (χ4v) is 2.99. The first-order chi connectivity index (χ1) is 11.9. The number of aryl methyl sites for hydroxylation is 3. The number of aromatic nitrogens is 2. The van der Waals surface area contributed by atoms with E-state index >= 15 is 0 Å². The number of nitrogens with zero attached hydrogens (tertiary/aromatic N) is 3. The van der Waals surface area contributed by atoms with Crippen molar-refractivity contribution in [2.75, 3.05) is 16.8 Å². The normalized spacial score (nSPS) is 17.0. The summed E-state index contributed by atoms with van der Waals surface area (Å²) in [5.41, 5.74) is 1.54. The molecule has 1 atom stereocenters. The number of anilines is 2. The van der Waals surface area contributed by atoms with Crippen LogP contribution >= 0.6 is 0 Å². The van der Waals surface area contributed by atoms with Crippen molar-refractivity contribution < 1.29 is 14.0 Å². The maximum atomic E-state index is 13.8. The Balaban J connectivity index is 1.67. The third kappa shape index (κ3) is 3.33. The van der Waals surface area contributed by atoms with Gasteiger partial charge in [-0.15, -0.1) is 0 Å². The van der Waals surface area contributed by atoms with Gasteiger partial charge in [0.1, 0.15) is 17.7 Å². The summed E-state index contributed by atoms with van der Waals surface area (Å²) < 4.78 is 15.4. The second kappa shape index (κ2) is 6.54. The van der Waals surface area contributed by atoms with Crippen LogP contribution in [0.1, 0.15) is 17.7 Å². The Labute approximate surface area is 144 Å². The fraction of sp³-hybridized carbons (Fsp3) is 0.353. The molecule has 2 heterocycles. The van der Waals surface area contributed by atoms with Crippen molar-refractivity contribution in [3.8, 4) is 0 Å². The van der Waals surface area contributed by atoms with E-state index in [2.05, 4.69) is 15.7 Å². The lowest BCUT2D eigenvalue weighted by Gasteiger charge is -2.17. The van der Waals surface area contributed by atoms with Crippen LogP contribution in [0.3, 0.4) is 0 Å². The summed E-state index contributed by atoms with van der Waals surface area (Å²) in [7, 11) is 1.77. The van der Waals surface area contributed by atoms with Crippen molar-refractivity contribution >= 4 is 23.4 Å². The van der Waals surface area contributed by atoms with Gasteiger partial charge in [0.05, 0.1) is 11.4 Å². The van der Waals surface area contributed by atoms with E-state index in [1.54, 1.807) is 35.7 Å². The van der Waals surface area contributed by atoms with Crippen LogP contribution in [-0.4, -0.2) is 34.3 Å². The van der Waals surface area contributed by atoms with Gasteiger partial charge in [0.15, 0.2) is 0 Å². The molecule has 132 valence electrons. The number of rotatable bonds is 3. The van der Waals surface area contributed by atoms with E-state index in [0.29, 0.717) is 24.3 Å². The Hall–Kier alpha value is -2.90. The predicted molar refractivity (Wildman–Crippen MR) is 92.0 cm³/mol. The Morgan fingerprint density at radius 3 is 2.76 bits per heavy atom. The van der Waals surface area contributed by atoms with E-state index in [1.807, 2.05) is 13.0 Å². The standard InChI is InChI=1S/C17H20FN5O2/c1-10-5-4-6-12(18)15(10)20-17(25)19-13-7-8-23(16(13)24)14-9-11(2)21-22(14)3/h4-6,9,13H,7-8H2,1-3H3,(H2,19,20,25)/t13-/m0/s1. The molecular weight excluding hydrogens is 325 g/mol. The lowest BCUT2D eigenvalue weighted by atomic mass is 10.2. The second-order valence-corrected chi connectivity index (χ2v) is 6.13. The highest BCUT2D eigenvalue weighted by atomic mass is 19.1. The first kappa shape index (κ1) is 16.9. The van der Waals surface area contributed by atoms with Gasteiger partial charge < -0.3 is 10.6 Å². The van der Waals surface area contributed by atoms with E-state index in [1.165, 1.54) is 6.07 Å². The SMILES string of the molecule is Cc1cc(N2CC[C@H](NC(=O)Nc3c(C)cccc3F)C2=O)n(C)n1. The summed E-state index contributed by atoms with van der Waals surface area (Å²) in [5, 5.41) is 9.34. The molecule has 1 aromatic heterocycles. The van der Waals surface area contributed by atoms with Gasteiger partial charge in [0.2, 0.25) is 0 Å². The third-order valence-corrected chi connectivity index (χ3v) is 4.23. The van der Waals surface area contributed by atoms with Crippen LogP contribution in [0.5, 0.6) is 0 Å². The van der Waals surface area contributed by atoms with Crippen LogP contribution in [0.4, 0.5) is 20.7 Å². The van der Waals surface area contributed by atoms with Gasteiger partial charge >= 0.3 is 6.03 Å². The average Bonchev–Trinajstić information content (AvgIpc) is 3.06. The van der Waals surface area contributed by atoms with Crippen LogP contribution in [0.15, 0.2) is 24.3 Å². The lowest BCUT2D eigenvalue weighted by molar-refractivity contribution is -0.118. The highest BCUT2D eigenvalue weighted by Crippen LogP contribution is 2.22. The third-order valence-electron chi connectivity index (χ3n) is 4.23. The number of amides is 3. The van der Waals surface area contributed by atoms with Crippen LogP contribution in [0.2, 0.25) is 0 Å². The minimum atomic E-state index is -0.651. The van der Waals surface area contributed by atoms with E-state index in [9.17, 15) is 14.0 Å². The predicted octanol–water partition coefficient (Wildman–Crippen LogP) is 2.10. The molecule has 1 aromatic carbocycles. The van der Waals surface area contributed by atoms with Gasteiger partial charge in [-0.05, 0) is 31.9 Å². The van der Waals surface area contributed by atoms with Crippen LogP contribution in [-0.2, 0) is 11.8 Å². The Morgan fingerprint density at radius 2 is 2.12 bits per heavy atom. The number of nitrogens with one attached hydrogen (secondary N) is 2. The zero-order valence-electron chi connectivity index (χ0n) is 14.3. The van der Waals surface area contributed by atoms with E-state index < -0.39 is 17.9 Å². The summed E-state index contributed by atoms with van der Waals surface area (Å²) in [4.78, 5) is 26.3. The van der Waals surface area contributed by atoms with E-state index in [0.717, 1.165) is 5.69 Å². The number of benzene rings is 1. The molecule has 2 aromatic rings. The van der Waals surface area contributed by atoms with Gasteiger partial charge in [-0.25, -0.2) is 9.18 Å². The topological polar surface area (TPSA) is 79.3 Å². The maximum absolute atomic E-state index is 13.8. The van der Waals surface area contributed by atoms with E-state index in [-0.39, 0.29) is 11.6 Å². The number of hydrogen-bond donors (Lipinski definition) is 2. The highest BCUT2D eigenvalue weighted by Gasteiger charge is 2.35. The maximum Gasteiger partial charge on any atom is 0.319 e. The molecule has 0 aliphatic carbocycles. The van der Waals surface area contributed by atoms with Crippen molar-refractivity contribution in [3.63, 3.8) is 0 Å². The molecule has 1 fully saturated rings. The average molecular weight is 345 g/mol. The van der Waals surface area contributed by atoms with Crippen LogP contribution < -0.4 is 15.5 Å². The number of urea groups is 1. The van der Waals surface area contributed by atoms with Gasteiger partial charge in [0.25, 0.3) is 5.91 Å². The lowest BCUT2D eigenvalue weighted by Crippen LogP contribution is -2.43. The van der Waals surface area contributed by atoms with Crippen LogP contribution in [0, 0.1) is 19.7 Å². The molecule has 3 rings (SSSR count). The molecule has 1 aliphatic rings. The minimum Gasteiger partial charge on any atom is -0.326 e. The zero-order valence-corrected chi connectivity index (χ0v) is 14.3. The number of carbonyl (C=O) groups excluding carboxylic acids is 2. The summed E-state index contributed by atoms with van der Waals surface area (Å²) in [5.74, 6) is -0.0274. The number of carbonyl (C=O) groups is 2. The molecule has 1 saturated heterocycles. The fourth-order valence-electron chi connectivity index (χ4n) is 2.99. The highest BCUT2D eigenvalue weighted by molar-refractivity contribution is 6.02. The summed E-state index contributed by atoms with van der Waals surface area (Å²) in [6.45, 7) is 4.04. The van der Waals surface area contributed by atoms with Crippen molar-refractivity contribution in [1.29, 1.82) is 0 Å². The molecule has 1 aliphatic heterocycles. The Morgan fingerprint density at radius 1 is 1.36 bits per heavy atom. The smallest absolute Gasteiger partial charge is 0.319 e. The van der Waals surface area contributed by atoms with Crippen molar-refractivity contribution in [2.24, 2.45) is 7.05 Å². The van der Waals surface area contributed by atoms with Crippen molar-refractivity contribution in [3.05, 3.63) is 41.3 Å². The van der Waals surface area contributed by atoms with E-state index in [4.69, 9.17) is 0 Å². The van der Waals surface area contributed by atoms with Gasteiger partial charge in [0, 0.05) is 19.7 Å². The first-order valence-electron chi connectivity index (χ1n) is 8.01. The van der Waals surface area contributed by atoms with Gasteiger partial charge in [-0.2, -0.15) is 5.10 Å². The summed E-state index contributed by atoms with van der Waals surface area (Å²) in [6, 6.07) is 5.11. The van der Waals surface area contributed by atoms with Crippen molar-refractivity contribution in [2.45, 2.75) is 26.3 Å². The van der Waals surface area contributed by atoms with Crippen LogP contribution in [0.25, 0.3) is 0 Å². The molecule has 0 bridgehead atoms. The van der Waals surface area contributed by atoms with Gasteiger partial charge in [-0.1, -0.05) is 12.1 Å². The quantitative estimate of drug-likeness (QED) is 0.894. The molecule has 3 amide bonds. The summed E-state index contributed by atoms with van der Waals surface area (Å²) in [6.07, 6.45) is 0.479. The monoisotopic (exact) mass is 345 g/mol.